The molecule has 1 unspecified atom stereocenters. The topological polar surface area (TPSA) is 17.1 Å². The van der Waals surface area contributed by atoms with Crippen LogP contribution in [0.4, 0.5) is 0 Å². The summed E-state index contributed by atoms with van der Waals surface area (Å²) in [5, 5.41) is 0.695. The van der Waals surface area contributed by atoms with E-state index in [0.29, 0.717) is 5.02 Å². The maximum absolute atomic E-state index is 10.8. The fourth-order valence-corrected chi connectivity index (χ4v) is 1.56. The van der Waals surface area contributed by atoms with E-state index in [0.717, 1.165) is 24.7 Å². The molecule has 0 amide bonds. The average Bonchev–Trinajstić information content (AvgIpc) is 2.14. The Bertz CT molecular complexity index is 283. The lowest BCUT2D eigenvalue weighted by Crippen LogP contribution is -1.99. The predicted octanol–water partition coefficient (Wildman–Crippen LogP) is 3.42. The Morgan fingerprint density at radius 1 is 1.54 bits per heavy atom. The van der Waals surface area contributed by atoms with Crippen molar-refractivity contribution in [3.8, 4) is 0 Å². The highest BCUT2D eigenvalue weighted by atomic mass is 35.5. The first-order chi connectivity index (χ1) is 6.27. The fourth-order valence-electron chi connectivity index (χ4n) is 1.36. The van der Waals surface area contributed by atoms with Crippen molar-refractivity contribution in [2.75, 3.05) is 0 Å². The van der Waals surface area contributed by atoms with Crippen LogP contribution in [0.3, 0.4) is 0 Å². The van der Waals surface area contributed by atoms with Gasteiger partial charge in [0.2, 0.25) is 0 Å². The molecule has 1 atom stereocenters. The molecule has 0 fully saturated rings. The standard InChI is InChI=1S/C11H13ClO/c1-2-4-10(8-13)9-5-3-6-11(12)7-9/h3,5-8,10H,2,4H2,1H3. The first-order valence-electron chi connectivity index (χ1n) is 4.48. The van der Waals surface area contributed by atoms with Crippen LogP contribution in [0.2, 0.25) is 5.02 Å². The van der Waals surface area contributed by atoms with Gasteiger partial charge in [0.1, 0.15) is 6.29 Å². The van der Waals surface area contributed by atoms with Gasteiger partial charge in [-0.05, 0) is 24.1 Å². The van der Waals surface area contributed by atoms with E-state index < -0.39 is 0 Å². The average molecular weight is 197 g/mol. The second kappa shape index (κ2) is 5.03. The zero-order valence-electron chi connectivity index (χ0n) is 7.66. The van der Waals surface area contributed by atoms with Crippen molar-refractivity contribution in [3.05, 3.63) is 34.9 Å². The summed E-state index contributed by atoms with van der Waals surface area (Å²) in [6.07, 6.45) is 2.90. The van der Waals surface area contributed by atoms with Gasteiger partial charge in [-0.25, -0.2) is 0 Å². The second-order valence-electron chi connectivity index (χ2n) is 3.09. The van der Waals surface area contributed by atoms with Crippen molar-refractivity contribution < 1.29 is 4.79 Å². The maximum atomic E-state index is 10.8. The van der Waals surface area contributed by atoms with Crippen LogP contribution >= 0.6 is 11.6 Å². The van der Waals surface area contributed by atoms with Gasteiger partial charge < -0.3 is 4.79 Å². The molecule has 1 nitrogen and oxygen atoms in total. The fraction of sp³-hybridized carbons (Fsp3) is 0.364. The van der Waals surface area contributed by atoms with E-state index in [4.69, 9.17) is 11.6 Å². The molecule has 2 heteroatoms. The highest BCUT2D eigenvalue weighted by Crippen LogP contribution is 2.21. The van der Waals surface area contributed by atoms with Crippen LogP contribution in [-0.2, 0) is 4.79 Å². The number of benzene rings is 1. The first kappa shape index (κ1) is 10.3. The van der Waals surface area contributed by atoms with E-state index in [2.05, 4.69) is 6.92 Å². The largest absolute Gasteiger partial charge is 0.303 e. The Labute approximate surface area is 83.7 Å². The lowest BCUT2D eigenvalue weighted by Gasteiger charge is -2.08. The number of aldehydes is 1. The molecule has 13 heavy (non-hydrogen) atoms. The molecule has 0 bridgehead atoms. The van der Waals surface area contributed by atoms with E-state index in [-0.39, 0.29) is 5.92 Å². The summed E-state index contributed by atoms with van der Waals surface area (Å²) in [7, 11) is 0. The molecule has 0 N–H and O–H groups in total. The summed E-state index contributed by atoms with van der Waals surface area (Å²) in [6.45, 7) is 2.07. The van der Waals surface area contributed by atoms with E-state index in [1.165, 1.54) is 0 Å². The minimum Gasteiger partial charge on any atom is -0.303 e. The minimum atomic E-state index is 0.00343. The molecular weight excluding hydrogens is 184 g/mol. The molecule has 0 aliphatic heterocycles. The minimum absolute atomic E-state index is 0.00343. The molecular formula is C11H13ClO. The monoisotopic (exact) mass is 196 g/mol. The third-order valence-electron chi connectivity index (χ3n) is 2.04. The molecule has 0 aliphatic carbocycles. The van der Waals surface area contributed by atoms with Gasteiger partial charge in [-0.1, -0.05) is 37.1 Å². The molecule has 0 spiro atoms. The summed E-state index contributed by atoms with van der Waals surface area (Å²) in [5.74, 6) is 0.00343. The maximum Gasteiger partial charge on any atom is 0.127 e. The van der Waals surface area contributed by atoms with Crippen LogP contribution in [0.25, 0.3) is 0 Å². The van der Waals surface area contributed by atoms with E-state index in [1.54, 1.807) is 0 Å². The number of hydrogen-bond acceptors (Lipinski definition) is 1. The van der Waals surface area contributed by atoms with Crippen LogP contribution in [0.15, 0.2) is 24.3 Å². The highest BCUT2D eigenvalue weighted by Gasteiger charge is 2.08. The van der Waals surface area contributed by atoms with Gasteiger partial charge in [0.05, 0.1) is 0 Å². The first-order valence-corrected chi connectivity index (χ1v) is 4.86. The Hall–Kier alpha value is -0.820. The molecule has 0 saturated carbocycles. The second-order valence-corrected chi connectivity index (χ2v) is 3.52. The van der Waals surface area contributed by atoms with Crippen LogP contribution in [-0.4, -0.2) is 6.29 Å². The molecule has 1 aromatic carbocycles. The summed E-state index contributed by atoms with van der Waals surface area (Å²) < 4.78 is 0. The molecule has 0 aliphatic rings. The third-order valence-corrected chi connectivity index (χ3v) is 2.28. The van der Waals surface area contributed by atoms with Gasteiger partial charge in [-0.2, -0.15) is 0 Å². The van der Waals surface area contributed by atoms with Crippen LogP contribution in [0.1, 0.15) is 31.2 Å². The smallest absolute Gasteiger partial charge is 0.127 e. The quantitative estimate of drug-likeness (QED) is 0.675. The Morgan fingerprint density at radius 2 is 2.31 bits per heavy atom. The van der Waals surface area contributed by atoms with Crippen LogP contribution in [0, 0.1) is 0 Å². The highest BCUT2D eigenvalue weighted by molar-refractivity contribution is 6.30. The van der Waals surface area contributed by atoms with Crippen molar-refractivity contribution in [2.24, 2.45) is 0 Å². The molecule has 1 aromatic rings. The number of carbonyl (C=O) groups excluding carboxylic acids is 1. The zero-order valence-corrected chi connectivity index (χ0v) is 8.42. The van der Waals surface area contributed by atoms with Crippen molar-refractivity contribution in [1.29, 1.82) is 0 Å². The molecule has 0 heterocycles. The summed E-state index contributed by atoms with van der Waals surface area (Å²) in [4.78, 5) is 10.8. The summed E-state index contributed by atoms with van der Waals surface area (Å²) in [5.41, 5.74) is 1.02. The van der Waals surface area contributed by atoms with Crippen molar-refractivity contribution in [1.82, 2.24) is 0 Å². The summed E-state index contributed by atoms with van der Waals surface area (Å²) >= 11 is 5.83. The summed E-state index contributed by atoms with van der Waals surface area (Å²) in [6, 6.07) is 7.50. The van der Waals surface area contributed by atoms with Crippen molar-refractivity contribution in [2.45, 2.75) is 25.7 Å². The molecule has 1 rings (SSSR count). The predicted molar refractivity (Wildman–Crippen MR) is 55.2 cm³/mol. The number of halogens is 1. The van der Waals surface area contributed by atoms with E-state index >= 15 is 0 Å². The SMILES string of the molecule is CCCC(C=O)c1cccc(Cl)c1. The molecule has 0 aromatic heterocycles. The van der Waals surface area contributed by atoms with Gasteiger partial charge in [-0.15, -0.1) is 0 Å². The molecule has 70 valence electrons. The van der Waals surface area contributed by atoms with Crippen molar-refractivity contribution >= 4 is 17.9 Å². The Morgan fingerprint density at radius 3 is 2.85 bits per heavy atom. The lowest BCUT2D eigenvalue weighted by molar-refractivity contribution is -0.109. The normalized spacial score (nSPS) is 12.5. The molecule has 0 radical (unpaired) electrons. The van der Waals surface area contributed by atoms with Crippen LogP contribution in [0.5, 0.6) is 0 Å². The van der Waals surface area contributed by atoms with Gasteiger partial charge in [-0.3, -0.25) is 0 Å². The molecule has 0 saturated heterocycles. The Kier molecular flexibility index (Phi) is 3.97. The van der Waals surface area contributed by atoms with Gasteiger partial charge in [0.25, 0.3) is 0 Å². The Balaban J connectivity index is 2.84. The van der Waals surface area contributed by atoms with Crippen molar-refractivity contribution in [3.63, 3.8) is 0 Å². The lowest BCUT2D eigenvalue weighted by atomic mass is 9.96. The number of carbonyl (C=O) groups is 1. The number of rotatable bonds is 4. The van der Waals surface area contributed by atoms with Gasteiger partial charge in [0.15, 0.2) is 0 Å². The van der Waals surface area contributed by atoms with Gasteiger partial charge in [0, 0.05) is 10.9 Å². The number of hydrogen-bond donors (Lipinski definition) is 0. The zero-order chi connectivity index (χ0) is 9.68. The van der Waals surface area contributed by atoms with Gasteiger partial charge >= 0.3 is 0 Å². The third kappa shape index (κ3) is 2.85. The van der Waals surface area contributed by atoms with E-state index in [9.17, 15) is 4.79 Å². The van der Waals surface area contributed by atoms with E-state index in [1.807, 2.05) is 24.3 Å². The van der Waals surface area contributed by atoms with Crippen LogP contribution < -0.4 is 0 Å².